The lowest BCUT2D eigenvalue weighted by Gasteiger charge is -2.32. The Morgan fingerprint density at radius 2 is 1.42 bits per heavy atom. The van der Waals surface area contributed by atoms with Crippen LogP contribution < -0.4 is 5.30 Å². The molecule has 2 aliphatic rings. The molecule has 0 saturated heterocycles. The fourth-order valence-corrected chi connectivity index (χ4v) is 6.52. The van der Waals surface area contributed by atoms with Crippen LogP contribution in [0.5, 0.6) is 0 Å². The first-order valence-electron chi connectivity index (χ1n) is 10.8. The molecule has 1 aromatic rings. The van der Waals surface area contributed by atoms with Crippen LogP contribution in [0.25, 0.3) is 0 Å². The summed E-state index contributed by atoms with van der Waals surface area (Å²) in [5, 5.41) is 0.824. The van der Waals surface area contributed by atoms with Gasteiger partial charge in [-0.15, -0.1) is 0 Å². The van der Waals surface area contributed by atoms with Crippen molar-refractivity contribution in [3.8, 4) is 0 Å². The van der Waals surface area contributed by atoms with Gasteiger partial charge in [-0.1, -0.05) is 70.1 Å². The molecule has 2 fully saturated rings. The lowest BCUT2D eigenvalue weighted by molar-refractivity contribution is 0.0845. The first kappa shape index (κ1) is 20.1. The third-order valence-electron chi connectivity index (χ3n) is 5.77. The van der Waals surface area contributed by atoms with Crippen LogP contribution in [0, 0.1) is 0 Å². The Balaban J connectivity index is 1.84. The van der Waals surface area contributed by atoms with E-state index >= 15 is 0 Å². The Bertz CT molecular complexity index is 565. The molecular weight excluding hydrogens is 343 g/mol. The summed E-state index contributed by atoms with van der Waals surface area (Å²) in [6.07, 6.45) is 14.6. The zero-order valence-corrected chi connectivity index (χ0v) is 17.2. The molecule has 2 saturated carbocycles. The molecule has 0 unspecified atom stereocenters. The number of unbranched alkanes of at least 4 members (excludes halogenated alkanes) is 1. The Hall–Kier alpha value is -0.630. The van der Waals surface area contributed by atoms with Gasteiger partial charge in [0.05, 0.1) is 17.5 Å². The smallest absolute Gasteiger partial charge is 0.302 e. The second kappa shape index (κ2) is 10.1. The maximum absolute atomic E-state index is 14.1. The SMILES string of the molecule is CCCCc1ccccc1P(=O)(OC1CCCCC1)OC1CCCCC1. The predicted molar refractivity (Wildman–Crippen MR) is 108 cm³/mol. The minimum Gasteiger partial charge on any atom is -0.302 e. The quantitative estimate of drug-likeness (QED) is 0.481. The van der Waals surface area contributed by atoms with E-state index in [1.54, 1.807) is 0 Å². The highest BCUT2D eigenvalue weighted by Crippen LogP contribution is 2.53. The Kier molecular flexibility index (Phi) is 7.78. The molecule has 0 atom stereocenters. The molecule has 0 bridgehead atoms. The van der Waals surface area contributed by atoms with Crippen molar-refractivity contribution in [2.75, 3.05) is 0 Å². The van der Waals surface area contributed by atoms with Gasteiger partial charge >= 0.3 is 7.60 Å². The van der Waals surface area contributed by atoms with E-state index in [4.69, 9.17) is 9.05 Å². The molecule has 3 rings (SSSR count). The van der Waals surface area contributed by atoms with Gasteiger partial charge in [-0.3, -0.25) is 4.57 Å². The third-order valence-corrected chi connectivity index (χ3v) is 7.94. The van der Waals surface area contributed by atoms with E-state index in [2.05, 4.69) is 13.0 Å². The van der Waals surface area contributed by atoms with Gasteiger partial charge in [0.2, 0.25) is 0 Å². The van der Waals surface area contributed by atoms with Crippen molar-refractivity contribution in [2.45, 2.75) is 103 Å². The summed E-state index contributed by atoms with van der Waals surface area (Å²) in [6, 6.07) is 8.11. The molecule has 146 valence electrons. The van der Waals surface area contributed by atoms with Crippen molar-refractivity contribution in [1.82, 2.24) is 0 Å². The molecule has 1 aromatic carbocycles. The summed E-state index contributed by atoms with van der Waals surface area (Å²) in [6.45, 7) is 2.19. The van der Waals surface area contributed by atoms with Crippen LogP contribution in [0.2, 0.25) is 0 Å². The topological polar surface area (TPSA) is 35.5 Å². The van der Waals surface area contributed by atoms with Gasteiger partial charge in [-0.2, -0.15) is 0 Å². The van der Waals surface area contributed by atoms with Gasteiger partial charge in [0.25, 0.3) is 0 Å². The van der Waals surface area contributed by atoms with E-state index in [1.807, 2.05) is 18.2 Å². The fraction of sp³-hybridized carbons (Fsp3) is 0.727. The predicted octanol–water partition coefficient (Wildman–Crippen LogP) is 6.55. The van der Waals surface area contributed by atoms with Crippen LogP contribution >= 0.6 is 7.60 Å². The van der Waals surface area contributed by atoms with Crippen LogP contribution in [0.4, 0.5) is 0 Å². The molecule has 0 amide bonds. The van der Waals surface area contributed by atoms with Crippen LogP contribution in [0.1, 0.15) is 89.5 Å². The van der Waals surface area contributed by atoms with E-state index < -0.39 is 7.60 Å². The highest BCUT2D eigenvalue weighted by Gasteiger charge is 2.36. The first-order chi connectivity index (χ1) is 12.7. The molecule has 4 heteroatoms. The van der Waals surface area contributed by atoms with Gasteiger partial charge in [0, 0.05) is 0 Å². The lowest BCUT2D eigenvalue weighted by Crippen LogP contribution is -2.26. The molecule has 2 aliphatic carbocycles. The molecule has 0 aliphatic heterocycles. The van der Waals surface area contributed by atoms with E-state index in [-0.39, 0.29) is 12.2 Å². The summed E-state index contributed by atoms with van der Waals surface area (Å²) in [4.78, 5) is 0. The molecule has 0 radical (unpaired) electrons. The van der Waals surface area contributed by atoms with E-state index in [9.17, 15) is 4.57 Å². The van der Waals surface area contributed by atoms with Crippen molar-refractivity contribution in [3.05, 3.63) is 29.8 Å². The summed E-state index contributed by atoms with van der Waals surface area (Å²) in [5.74, 6) is 0. The van der Waals surface area contributed by atoms with Gasteiger partial charge < -0.3 is 9.05 Å². The number of hydrogen-bond acceptors (Lipinski definition) is 3. The third kappa shape index (κ3) is 5.44. The maximum Gasteiger partial charge on any atom is 0.362 e. The fourth-order valence-electron chi connectivity index (χ4n) is 4.23. The zero-order chi connectivity index (χ0) is 18.2. The number of benzene rings is 1. The van der Waals surface area contributed by atoms with Gasteiger partial charge in [-0.05, 0) is 50.2 Å². The normalized spacial score (nSPS) is 20.3. The minimum absolute atomic E-state index is 0.0809. The molecule has 0 spiro atoms. The minimum atomic E-state index is -3.29. The summed E-state index contributed by atoms with van der Waals surface area (Å²) >= 11 is 0. The van der Waals surface area contributed by atoms with Crippen molar-refractivity contribution in [1.29, 1.82) is 0 Å². The first-order valence-corrected chi connectivity index (χ1v) is 12.3. The average molecular weight is 378 g/mol. The number of aryl methyl sites for hydroxylation is 1. The molecule has 0 N–H and O–H groups in total. The van der Waals surface area contributed by atoms with Crippen LogP contribution in [0.15, 0.2) is 24.3 Å². The van der Waals surface area contributed by atoms with Crippen LogP contribution in [-0.4, -0.2) is 12.2 Å². The molecular formula is C22H35O3P. The molecule has 26 heavy (non-hydrogen) atoms. The van der Waals surface area contributed by atoms with Crippen LogP contribution in [0.3, 0.4) is 0 Å². The average Bonchev–Trinajstić information content (AvgIpc) is 2.68. The van der Waals surface area contributed by atoms with Gasteiger partial charge in [0.15, 0.2) is 0 Å². The van der Waals surface area contributed by atoms with Crippen molar-refractivity contribution in [3.63, 3.8) is 0 Å². The van der Waals surface area contributed by atoms with E-state index in [0.29, 0.717) is 0 Å². The number of hydrogen-bond donors (Lipinski definition) is 0. The maximum atomic E-state index is 14.1. The summed E-state index contributed by atoms with van der Waals surface area (Å²) in [5.41, 5.74) is 1.14. The standard InChI is InChI=1S/C22H35O3P/c1-2-3-12-19-13-10-11-18-22(19)26(23,24-20-14-6-4-7-15-20)25-21-16-8-5-9-17-21/h10-11,13,18,20-21H,2-9,12,14-17H2,1H3. The largest absolute Gasteiger partial charge is 0.362 e. The Morgan fingerprint density at radius 3 is 1.96 bits per heavy atom. The monoisotopic (exact) mass is 378 g/mol. The van der Waals surface area contributed by atoms with E-state index in [1.165, 1.54) is 38.5 Å². The highest BCUT2D eigenvalue weighted by atomic mass is 31.2. The van der Waals surface area contributed by atoms with Gasteiger partial charge in [-0.25, -0.2) is 0 Å². The highest BCUT2D eigenvalue weighted by molar-refractivity contribution is 7.62. The molecule has 3 nitrogen and oxygen atoms in total. The van der Waals surface area contributed by atoms with Crippen molar-refractivity contribution in [2.24, 2.45) is 0 Å². The summed E-state index contributed by atoms with van der Waals surface area (Å²) in [7, 11) is -3.29. The second-order valence-corrected chi connectivity index (χ2v) is 9.86. The zero-order valence-electron chi connectivity index (χ0n) is 16.3. The number of rotatable bonds is 8. The Morgan fingerprint density at radius 1 is 0.885 bits per heavy atom. The van der Waals surface area contributed by atoms with Crippen molar-refractivity contribution >= 4 is 12.9 Å². The van der Waals surface area contributed by atoms with Crippen LogP contribution in [-0.2, 0) is 20.0 Å². The molecule has 0 heterocycles. The Labute approximate surface area is 159 Å². The summed E-state index contributed by atoms with van der Waals surface area (Å²) < 4.78 is 26.7. The van der Waals surface area contributed by atoms with Gasteiger partial charge in [0.1, 0.15) is 0 Å². The lowest BCUT2D eigenvalue weighted by atomic mass is 9.98. The van der Waals surface area contributed by atoms with E-state index in [0.717, 1.165) is 55.8 Å². The second-order valence-electron chi connectivity index (χ2n) is 7.96. The van der Waals surface area contributed by atoms with Crippen molar-refractivity contribution < 1.29 is 13.6 Å². The molecule has 0 aromatic heterocycles.